The lowest BCUT2D eigenvalue weighted by Crippen LogP contribution is -2.14. The van der Waals surface area contributed by atoms with E-state index < -0.39 is 0 Å². The summed E-state index contributed by atoms with van der Waals surface area (Å²) in [5, 5.41) is 4.01. The molecule has 0 amide bonds. The Morgan fingerprint density at radius 3 is 3.07 bits per heavy atom. The standard InChI is InChI=1S/C12H17NS/c1-9-4-3-5-12-11(9)8-10(14-12)6-7-13-2/h3-5,10,13H,6-8H2,1-2H3. The van der Waals surface area contributed by atoms with Crippen LogP contribution in [0.15, 0.2) is 23.1 Å². The first-order valence-electron chi connectivity index (χ1n) is 5.21. The van der Waals surface area contributed by atoms with Crippen molar-refractivity contribution < 1.29 is 0 Å². The highest BCUT2D eigenvalue weighted by molar-refractivity contribution is 8.00. The van der Waals surface area contributed by atoms with Crippen molar-refractivity contribution in [3.63, 3.8) is 0 Å². The minimum atomic E-state index is 0.790. The molecule has 1 nitrogen and oxygen atoms in total. The molecule has 1 heterocycles. The molecule has 14 heavy (non-hydrogen) atoms. The molecule has 1 aromatic rings. The van der Waals surface area contributed by atoms with Gasteiger partial charge in [-0.05, 0) is 50.6 Å². The maximum absolute atomic E-state index is 3.22. The monoisotopic (exact) mass is 207 g/mol. The molecule has 1 aromatic carbocycles. The molecule has 0 radical (unpaired) electrons. The number of aryl methyl sites for hydroxylation is 1. The molecule has 2 rings (SSSR count). The van der Waals surface area contributed by atoms with Crippen LogP contribution in [0.3, 0.4) is 0 Å². The average Bonchev–Trinajstić information content (AvgIpc) is 2.59. The smallest absolute Gasteiger partial charge is 0.0147 e. The molecule has 0 bridgehead atoms. The second kappa shape index (κ2) is 4.37. The second-order valence-corrected chi connectivity index (χ2v) is 5.23. The van der Waals surface area contributed by atoms with E-state index in [-0.39, 0.29) is 0 Å². The quantitative estimate of drug-likeness (QED) is 0.817. The number of hydrogen-bond acceptors (Lipinski definition) is 2. The second-order valence-electron chi connectivity index (χ2n) is 3.89. The first-order valence-corrected chi connectivity index (χ1v) is 6.09. The zero-order valence-electron chi connectivity index (χ0n) is 8.84. The highest BCUT2D eigenvalue weighted by Crippen LogP contribution is 2.39. The first kappa shape index (κ1) is 10.1. The molecule has 0 fully saturated rings. The average molecular weight is 207 g/mol. The van der Waals surface area contributed by atoms with E-state index in [0.29, 0.717) is 0 Å². The molecular weight excluding hydrogens is 190 g/mol. The van der Waals surface area contributed by atoms with E-state index in [1.807, 2.05) is 7.05 Å². The summed E-state index contributed by atoms with van der Waals surface area (Å²) in [6.07, 6.45) is 2.53. The molecule has 1 aliphatic rings. The fourth-order valence-corrected chi connectivity index (χ4v) is 3.35. The Bertz CT molecular complexity index is 322. The zero-order chi connectivity index (χ0) is 9.97. The van der Waals surface area contributed by atoms with Crippen LogP contribution in [0.2, 0.25) is 0 Å². The molecule has 1 N–H and O–H groups in total. The van der Waals surface area contributed by atoms with Gasteiger partial charge in [0.2, 0.25) is 0 Å². The van der Waals surface area contributed by atoms with Crippen molar-refractivity contribution in [3.05, 3.63) is 29.3 Å². The summed E-state index contributed by atoms with van der Waals surface area (Å²) < 4.78 is 0. The summed E-state index contributed by atoms with van der Waals surface area (Å²) in [5.41, 5.74) is 3.04. The molecule has 0 saturated heterocycles. The molecule has 2 heteroatoms. The number of fused-ring (bicyclic) bond motifs is 1. The predicted molar refractivity (Wildman–Crippen MR) is 63.1 cm³/mol. The van der Waals surface area contributed by atoms with Crippen molar-refractivity contribution in [1.29, 1.82) is 0 Å². The highest BCUT2D eigenvalue weighted by Gasteiger charge is 2.22. The van der Waals surface area contributed by atoms with E-state index in [1.165, 1.54) is 23.3 Å². The molecule has 0 aliphatic carbocycles. The molecule has 1 aliphatic heterocycles. The van der Waals surface area contributed by atoms with Crippen LogP contribution in [-0.2, 0) is 6.42 Å². The summed E-state index contributed by atoms with van der Waals surface area (Å²) in [6, 6.07) is 6.65. The normalized spacial score (nSPS) is 19.7. The van der Waals surface area contributed by atoms with Crippen molar-refractivity contribution in [2.75, 3.05) is 13.6 Å². The number of benzene rings is 1. The fourth-order valence-electron chi connectivity index (χ4n) is 1.96. The van der Waals surface area contributed by atoms with Gasteiger partial charge in [-0.15, -0.1) is 11.8 Å². The minimum Gasteiger partial charge on any atom is -0.320 e. The van der Waals surface area contributed by atoms with Gasteiger partial charge in [-0.1, -0.05) is 12.1 Å². The van der Waals surface area contributed by atoms with E-state index in [0.717, 1.165) is 11.8 Å². The minimum absolute atomic E-state index is 0.790. The summed E-state index contributed by atoms with van der Waals surface area (Å²) in [5.74, 6) is 0. The van der Waals surface area contributed by atoms with Crippen molar-refractivity contribution in [2.24, 2.45) is 0 Å². The van der Waals surface area contributed by atoms with E-state index in [1.54, 1.807) is 5.56 Å². The van der Waals surface area contributed by atoms with Crippen LogP contribution < -0.4 is 5.32 Å². The predicted octanol–water partition coefficient (Wildman–Crippen LogP) is 2.62. The topological polar surface area (TPSA) is 12.0 Å². The van der Waals surface area contributed by atoms with Crippen LogP contribution >= 0.6 is 11.8 Å². The highest BCUT2D eigenvalue weighted by atomic mass is 32.2. The lowest BCUT2D eigenvalue weighted by Gasteiger charge is -2.06. The number of thioether (sulfide) groups is 1. The summed E-state index contributed by atoms with van der Waals surface area (Å²) in [7, 11) is 2.03. The van der Waals surface area contributed by atoms with Gasteiger partial charge in [0.05, 0.1) is 0 Å². The fraction of sp³-hybridized carbons (Fsp3) is 0.500. The van der Waals surface area contributed by atoms with Crippen LogP contribution in [-0.4, -0.2) is 18.8 Å². The molecule has 0 spiro atoms. The Hall–Kier alpha value is -0.470. The van der Waals surface area contributed by atoms with Gasteiger partial charge >= 0.3 is 0 Å². The molecule has 1 atom stereocenters. The van der Waals surface area contributed by atoms with Crippen molar-refractivity contribution in [3.8, 4) is 0 Å². The maximum atomic E-state index is 3.22. The molecule has 1 unspecified atom stereocenters. The summed E-state index contributed by atoms with van der Waals surface area (Å²) >= 11 is 2.05. The van der Waals surface area contributed by atoms with E-state index in [2.05, 4.69) is 42.2 Å². The van der Waals surface area contributed by atoms with E-state index in [9.17, 15) is 0 Å². The maximum Gasteiger partial charge on any atom is 0.0147 e. The van der Waals surface area contributed by atoms with Gasteiger partial charge in [0, 0.05) is 10.1 Å². The van der Waals surface area contributed by atoms with E-state index >= 15 is 0 Å². The van der Waals surface area contributed by atoms with Gasteiger partial charge in [0.1, 0.15) is 0 Å². The van der Waals surface area contributed by atoms with Crippen LogP contribution in [0.5, 0.6) is 0 Å². The first-order chi connectivity index (χ1) is 6.81. The molecular formula is C12H17NS. The Labute approximate surface area is 90.3 Å². The largest absolute Gasteiger partial charge is 0.320 e. The third-order valence-electron chi connectivity index (χ3n) is 2.81. The van der Waals surface area contributed by atoms with Gasteiger partial charge in [-0.25, -0.2) is 0 Å². The third kappa shape index (κ3) is 1.96. The number of rotatable bonds is 3. The SMILES string of the molecule is CNCCC1Cc2c(C)cccc2S1. The Morgan fingerprint density at radius 2 is 2.36 bits per heavy atom. The number of nitrogens with one attached hydrogen (secondary N) is 1. The van der Waals surface area contributed by atoms with Gasteiger partial charge < -0.3 is 5.32 Å². The Balaban J connectivity index is 2.06. The summed E-state index contributed by atoms with van der Waals surface area (Å²) in [4.78, 5) is 1.51. The van der Waals surface area contributed by atoms with Crippen LogP contribution in [0, 0.1) is 6.92 Å². The van der Waals surface area contributed by atoms with Crippen molar-refractivity contribution in [2.45, 2.75) is 29.9 Å². The Kier molecular flexibility index (Phi) is 3.14. The lowest BCUT2D eigenvalue weighted by molar-refractivity contribution is 0.695. The van der Waals surface area contributed by atoms with Gasteiger partial charge in [0.25, 0.3) is 0 Å². The van der Waals surface area contributed by atoms with Gasteiger partial charge in [-0.2, -0.15) is 0 Å². The van der Waals surface area contributed by atoms with Crippen LogP contribution in [0.4, 0.5) is 0 Å². The van der Waals surface area contributed by atoms with E-state index in [4.69, 9.17) is 0 Å². The third-order valence-corrected chi connectivity index (χ3v) is 4.18. The Morgan fingerprint density at radius 1 is 1.50 bits per heavy atom. The summed E-state index contributed by atoms with van der Waals surface area (Å²) in [6.45, 7) is 3.35. The zero-order valence-corrected chi connectivity index (χ0v) is 9.66. The number of hydrogen-bond donors (Lipinski definition) is 1. The van der Waals surface area contributed by atoms with Gasteiger partial charge in [-0.3, -0.25) is 0 Å². The van der Waals surface area contributed by atoms with Crippen molar-refractivity contribution >= 4 is 11.8 Å². The van der Waals surface area contributed by atoms with Crippen molar-refractivity contribution in [1.82, 2.24) is 5.32 Å². The molecule has 76 valence electrons. The molecule has 0 saturated carbocycles. The van der Waals surface area contributed by atoms with Gasteiger partial charge in [0.15, 0.2) is 0 Å². The lowest BCUT2D eigenvalue weighted by atomic mass is 10.0. The molecule has 0 aromatic heterocycles. The van der Waals surface area contributed by atoms with Crippen LogP contribution in [0.25, 0.3) is 0 Å². The van der Waals surface area contributed by atoms with Crippen LogP contribution in [0.1, 0.15) is 17.5 Å².